The van der Waals surface area contributed by atoms with E-state index in [1.807, 2.05) is 56.8 Å². The van der Waals surface area contributed by atoms with Gasteiger partial charge in [0.15, 0.2) is 5.69 Å². The molecule has 0 spiro atoms. The standard InChI is InChI=1S/C27H30N6O/c1-32(2)17-20-13-22(16-28-15-20)21-7-10-25-24(14-21)26(31-30-25)27(34)29-23-8-5-19(6-9-23)18-33-11-3-4-12-33/h5-10,13-16H,3-4,11-12,17-18H2,1-2H3,(H,29,34)(H,30,31). The molecule has 2 aromatic carbocycles. The van der Waals surface area contributed by atoms with Crippen LogP contribution in [0.3, 0.4) is 0 Å². The maximum Gasteiger partial charge on any atom is 0.276 e. The molecule has 0 aliphatic carbocycles. The van der Waals surface area contributed by atoms with E-state index in [0.29, 0.717) is 5.69 Å². The van der Waals surface area contributed by atoms with Crippen LogP contribution < -0.4 is 5.32 Å². The van der Waals surface area contributed by atoms with E-state index >= 15 is 0 Å². The van der Waals surface area contributed by atoms with Gasteiger partial charge in [-0.1, -0.05) is 18.2 Å². The Morgan fingerprint density at radius 3 is 2.56 bits per heavy atom. The van der Waals surface area contributed by atoms with Gasteiger partial charge in [0, 0.05) is 42.1 Å². The quantitative estimate of drug-likeness (QED) is 0.429. The molecule has 1 aliphatic rings. The van der Waals surface area contributed by atoms with E-state index in [2.05, 4.69) is 48.5 Å². The van der Waals surface area contributed by atoms with Gasteiger partial charge in [-0.25, -0.2) is 0 Å². The number of fused-ring (bicyclic) bond motifs is 1. The van der Waals surface area contributed by atoms with Crippen molar-refractivity contribution in [2.75, 3.05) is 32.5 Å². The van der Waals surface area contributed by atoms with Crippen LogP contribution in [0.15, 0.2) is 60.9 Å². The van der Waals surface area contributed by atoms with Crippen LogP contribution in [-0.2, 0) is 13.1 Å². The Balaban J connectivity index is 1.34. The molecule has 7 heteroatoms. The Kier molecular flexibility index (Phi) is 6.38. The summed E-state index contributed by atoms with van der Waals surface area (Å²) in [6.07, 6.45) is 6.30. The molecular formula is C27H30N6O. The minimum atomic E-state index is -0.227. The molecule has 1 fully saturated rings. The third-order valence-corrected chi connectivity index (χ3v) is 6.22. The topological polar surface area (TPSA) is 77.1 Å². The van der Waals surface area contributed by atoms with Gasteiger partial charge in [0.05, 0.1) is 5.52 Å². The summed E-state index contributed by atoms with van der Waals surface area (Å²) < 4.78 is 0. The second-order valence-corrected chi connectivity index (χ2v) is 9.29. The van der Waals surface area contributed by atoms with Gasteiger partial charge < -0.3 is 10.2 Å². The fraction of sp³-hybridized carbons (Fsp3) is 0.296. The molecule has 34 heavy (non-hydrogen) atoms. The van der Waals surface area contributed by atoms with Crippen molar-refractivity contribution in [3.05, 3.63) is 77.7 Å². The van der Waals surface area contributed by atoms with E-state index in [4.69, 9.17) is 0 Å². The highest BCUT2D eigenvalue weighted by atomic mass is 16.1. The van der Waals surface area contributed by atoms with E-state index in [1.54, 1.807) is 0 Å². The maximum absolute atomic E-state index is 13.1. The van der Waals surface area contributed by atoms with Crippen LogP contribution in [0, 0.1) is 0 Å². The number of rotatable bonds is 7. The summed E-state index contributed by atoms with van der Waals surface area (Å²) in [7, 11) is 4.08. The number of hydrogen-bond donors (Lipinski definition) is 2. The van der Waals surface area contributed by atoms with Crippen molar-refractivity contribution in [3.8, 4) is 11.1 Å². The number of pyridine rings is 1. The third kappa shape index (κ3) is 5.00. The summed E-state index contributed by atoms with van der Waals surface area (Å²) >= 11 is 0. The largest absolute Gasteiger partial charge is 0.321 e. The number of carbonyl (C=O) groups is 1. The number of amides is 1. The molecule has 0 unspecified atom stereocenters. The molecule has 1 amide bonds. The second kappa shape index (κ2) is 9.75. The number of anilines is 1. The van der Waals surface area contributed by atoms with Crippen molar-refractivity contribution >= 4 is 22.5 Å². The molecule has 3 heterocycles. The number of nitrogens with zero attached hydrogens (tertiary/aromatic N) is 4. The Morgan fingerprint density at radius 1 is 1.00 bits per heavy atom. The van der Waals surface area contributed by atoms with E-state index in [-0.39, 0.29) is 5.91 Å². The molecule has 1 saturated heterocycles. The van der Waals surface area contributed by atoms with Gasteiger partial charge in [-0.15, -0.1) is 0 Å². The minimum Gasteiger partial charge on any atom is -0.321 e. The highest BCUT2D eigenvalue weighted by Gasteiger charge is 2.16. The van der Waals surface area contributed by atoms with Crippen molar-refractivity contribution < 1.29 is 4.79 Å². The van der Waals surface area contributed by atoms with E-state index in [0.717, 1.165) is 46.4 Å². The number of nitrogens with one attached hydrogen (secondary N) is 2. The first-order valence-corrected chi connectivity index (χ1v) is 11.7. The molecule has 1 aliphatic heterocycles. The molecule has 174 valence electrons. The highest BCUT2D eigenvalue weighted by molar-refractivity contribution is 6.11. The predicted octanol–water partition coefficient (Wildman–Crippen LogP) is 4.53. The fourth-order valence-electron chi connectivity index (χ4n) is 4.55. The van der Waals surface area contributed by atoms with Gasteiger partial charge in [0.25, 0.3) is 5.91 Å². The van der Waals surface area contributed by atoms with Crippen molar-refractivity contribution in [1.82, 2.24) is 25.0 Å². The average Bonchev–Trinajstić information content (AvgIpc) is 3.49. The molecule has 0 bridgehead atoms. The fourth-order valence-corrected chi connectivity index (χ4v) is 4.55. The Hall–Kier alpha value is -3.55. The molecule has 2 aromatic heterocycles. The smallest absolute Gasteiger partial charge is 0.276 e. The lowest BCUT2D eigenvalue weighted by molar-refractivity contribution is 0.102. The van der Waals surface area contributed by atoms with Crippen LogP contribution in [-0.4, -0.2) is 58.1 Å². The number of aromatic amines is 1. The first kappa shape index (κ1) is 22.3. The second-order valence-electron chi connectivity index (χ2n) is 9.29. The van der Waals surface area contributed by atoms with Crippen LogP contribution in [0.5, 0.6) is 0 Å². The summed E-state index contributed by atoms with van der Waals surface area (Å²) in [6.45, 7) is 4.12. The Morgan fingerprint density at radius 2 is 1.79 bits per heavy atom. The SMILES string of the molecule is CN(C)Cc1cncc(-c2ccc3[nH]nc(C(=O)Nc4ccc(CN5CCCC5)cc4)c3c2)c1. The first-order valence-electron chi connectivity index (χ1n) is 11.7. The van der Waals surface area contributed by atoms with Gasteiger partial charge in [-0.05, 0) is 87.0 Å². The zero-order chi connectivity index (χ0) is 23.5. The zero-order valence-electron chi connectivity index (χ0n) is 19.7. The van der Waals surface area contributed by atoms with Gasteiger partial charge in [-0.3, -0.25) is 19.8 Å². The first-order chi connectivity index (χ1) is 16.5. The number of aromatic nitrogens is 3. The molecule has 7 nitrogen and oxygen atoms in total. The Bertz CT molecular complexity index is 1290. The normalized spacial score (nSPS) is 14.2. The number of likely N-dealkylation sites (tertiary alicyclic amines) is 1. The summed E-state index contributed by atoms with van der Waals surface area (Å²) in [6, 6.07) is 16.2. The third-order valence-electron chi connectivity index (χ3n) is 6.22. The summed E-state index contributed by atoms with van der Waals surface area (Å²) in [5.74, 6) is -0.227. The van der Waals surface area contributed by atoms with Crippen LogP contribution in [0.1, 0.15) is 34.5 Å². The van der Waals surface area contributed by atoms with E-state index < -0.39 is 0 Å². The lowest BCUT2D eigenvalue weighted by Crippen LogP contribution is -2.18. The highest BCUT2D eigenvalue weighted by Crippen LogP contribution is 2.26. The van der Waals surface area contributed by atoms with Crippen LogP contribution in [0.2, 0.25) is 0 Å². The van der Waals surface area contributed by atoms with Crippen LogP contribution >= 0.6 is 0 Å². The van der Waals surface area contributed by atoms with E-state index in [9.17, 15) is 4.79 Å². The van der Waals surface area contributed by atoms with Gasteiger partial charge in [0.1, 0.15) is 0 Å². The molecule has 5 rings (SSSR count). The maximum atomic E-state index is 13.1. The molecule has 2 N–H and O–H groups in total. The number of hydrogen-bond acceptors (Lipinski definition) is 5. The van der Waals surface area contributed by atoms with Gasteiger partial charge >= 0.3 is 0 Å². The zero-order valence-corrected chi connectivity index (χ0v) is 19.7. The predicted molar refractivity (Wildman–Crippen MR) is 136 cm³/mol. The van der Waals surface area contributed by atoms with Gasteiger partial charge in [0.2, 0.25) is 0 Å². The molecule has 0 radical (unpaired) electrons. The van der Waals surface area contributed by atoms with Crippen molar-refractivity contribution in [3.63, 3.8) is 0 Å². The van der Waals surface area contributed by atoms with Gasteiger partial charge in [-0.2, -0.15) is 5.10 Å². The van der Waals surface area contributed by atoms with Crippen molar-refractivity contribution in [2.45, 2.75) is 25.9 Å². The Labute approximate surface area is 199 Å². The van der Waals surface area contributed by atoms with Crippen molar-refractivity contribution in [1.29, 1.82) is 0 Å². The number of H-pyrrole nitrogens is 1. The molecule has 4 aromatic rings. The van der Waals surface area contributed by atoms with Crippen LogP contribution in [0.4, 0.5) is 5.69 Å². The summed E-state index contributed by atoms with van der Waals surface area (Å²) in [5, 5.41) is 11.1. The number of carbonyl (C=O) groups excluding carboxylic acids is 1. The minimum absolute atomic E-state index is 0.227. The number of benzene rings is 2. The molecule has 0 saturated carbocycles. The van der Waals surface area contributed by atoms with E-state index in [1.165, 1.54) is 31.5 Å². The summed E-state index contributed by atoms with van der Waals surface area (Å²) in [5.41, 5.74) is 6.40. The monoisotopic (exact) mass is 454 g/mol. The summed E-state index contributed by atoms with van der Waals surface area (Å²) in [4.78, 5) is 22.0. The lowest BCUT2D eigenvalue weighted by Gasteiger charge is -2.14. The molecule has 0 atom stereocenters. The van der Waals surface area contributed by atoms with Crippen LogP contribution in [0.25, 0.3) is 22.0 Å². The van der Waals surface area contributed by atoms with Crippen molar-refractivity contribution in [2.24, 2.45) is 0 Å². The molecular weight excluding hydrogens is 424 g/mol. The average molecular weight is 455 g/mol. The lowest BCUT2D eigenvalue weighted by atomic mass is 10.0.